The van der Waals surface area contributed by atoms with Gasteiger partial charge in [0.15, 0.2) is 5.96 Å². The normalized spacial score (nSPS) is 17.4. The van der Waals surface area contributed by atoms with Gasteiger partial charge >= 0.3 is 0 Å². The van der Waals surface area contributed by atoms with Crippen LogP contribution in [-0.2, 0) is 0 Å². The molecule has 6 heteroatoms. The number of rotatable bonds is 7. The monoisotopic (exact) mass is 446 g/mol. The Balaban J connectivity index is 0.00000288. The fraction of sp³-hybridized carbons (Fsp3) is 0.611. The highest BCUT2D eigenvalue weighted by atomic mass is 127. The molecule has 0 spiro atoms. The molecule has 0 amide bonds. The van der Waals surface area contributed by atoms with Crippen LogP contribution in [0.2, 0.25) is 0 Å². The number of halogens is 1. The third-order valence-corrected chi connectivity index (χ3v) is 4.31. The Bertz CT molecular complexity index is 510. The van der Waals surface area contributed by atoms with Gasteiger partial charge in [0.2, 0.25) is 0 Å². The van der Waals surface area contributed by atoms with Gasteiger partial charge in [-0.05, 0) is 30.9 Å². The first kappa shape index (κ1) is 20.9. The molecule has 0 bridgehead atoms. The number of aliphatic imine (C=N–C) groups is 1. The molecule has 1 aliphatic rings. The molecule has 1 aromatic carbocycles. The zero-order valence-electron chi connectivity index (χ0n) is 15.0. The van der Waals surface area contributed by atoms with Gasteiger partial charge in [0.05, 0.1) is 7.11 Å². The molecule has 1 heterocycles. The van der Waals surface area contributed by atoms with Gasteiger partial charge in [0.25, 0.3) is 0 Å². The maximum atomic E-state index is 5.32. The summed E-state index contributed by atoms with van der Waals surface area (Å²) in [4.78, 5) is 6.72. The number of methoxy groups -OCH3 is 1. The van der Waals surface area contributed by atoms with Crippen molar-refractivity contribution >= 4 is 35.6 Å². The summed E-state index contributed by atoms with van der Waals surface area (Å²) in [5.41, 5.74) is 1.25. The summed E-state index contributed by atoms with van der Waals surface area (Å²) in [6, 6.07) is 8.31. The van der Waals surface area contributed by atoms with Crippen molar-refractivity contribution in [3.8, 4) is 5.75 Å². The van der Waals surface area contributed by atoms with E-state index < -0.39 is 0 Å². The van der Waals surface area contributed by atoms with Crippen LogP contribution in [0.3, 0.4) is 0 Å². The van der Waals surface area contributed by atoms with Gasteiger partial charge < -0.3 is 20.3 Å². The molecule has 1 unspecified atom stereocenters. The molecule has 0 saturated carbocycles. The maximum Gasteiger partial charge on any atom is 0.190 e. The number of hydrogen-bond donors (Lipinski definition) is 2. The second-order valence-electron chi connectivity index (χ2n) is 6.04. The quantitative estimate of drug-likeness (QED) is 0.293. The Hall–Kier alpha value is -1.18. The first-order valence-corrected chi connectivity index (χ1v) is 8.60. The first-order chi connectivity index (χ1) is 11.3. The van der Waals surface area contributed by atoms with Crippen LogP contribution in [-0.4, -0.2) is 46.3 Å². The highest BCUT2D eigenvalue weighted by molar-refractivity contribution is 14.0. The Morgan fingerprint density at radius 2 is 2.21 bits per heavy atom. The Labute approximate surface area is 163 Å². The fourth-order valence-electron chi connectivity index (χ4n) is 2.89. The zero-order chi connectivity index (χ0) is 16.5. The van der Waals surface area contributed by atoms with Crippen molar-refractivity contribution in [2.45, 2.75) is 26.2 Å². The summed E-state index contributed by atoms with van der Waals surface area (Å²) < 4.78 is 5.32. The lowest BCUT2D eigenvalue weighted by Crippen LogP contribution is -2.40. The number of nitrogens with one attached hydrogen (secondary N) is 2. The number of guanidine groups is 1. The molecule has 2 rings (SSSR count). The average Bonchev–Trinajstić information content (AvgIpc) is 3.07. The van der Waals surface area contributed by atoms with Crippen molar-refractivity contribution in [2.75, 3.05) is 45.2 Å². The predicted molar refractivity (Wildman–Crippen MR) is 113 cm³/mol. The Morgan fingerprint density at radius 3 is 2.92 bits per heavy atom. The number of nitrogens with zero attached hydrogens (tertiary/aromatic N) is 2. The molecule has 0 aliphatic carbocycles. The molecule has 0 radical (unpaired) electrons. The van der Waals surface area contributed by atoms with Gasteiger partial charge in [0.1, 0.15) is 5.75 Å². The fourth-order valence-corrected chi connectivity index (χ4v) is 2.89. The number of benzene rings is 1. The lowest BCUT2D eigenvalue weighted by molar-refractivity contribution is 0.415. The van der Waals surface area contributed by atoms with E-state index in [9.17, 15) is 0 Å². The minimum absolute atomic E-state index is 0. The van der Waals surface area contributed by atoms with Crippen LogP contribution in [0, 0.1) is 5.92 Å². The lowest BCUT2D eigenvalue weighted by Gasteiger charge is -2.20. The van der Waals surface area contributed by atoms with Crippen LogP contribution in [0.1, 0.15) is 26.2 Å². The summed E-state index contributed by atoms with van der Waals surface area (Å²) in [7, 11) is 3.55. The summed E-state index contributed by atoms with van der Waals surface area (Å²) in [6.07, 6.45) is 3.58. The molecular weight excluding hydrogens is 415 g/mol. The molecule has 136 valence electrons. The van der Waals surface area contributed by atoms with Crippen molar-refractivity contribution < 1.29 is 4.74 Å². The van der Waals surface area contributed by atoms with Crippen molar-refractivity contribution in [1.82, 2.24) is 10.6 Å². The number of unbranched alkanes of at least 4 members (excludes halogenated alkanes) is 1. The molecule has 0 aromatic heterocycles. The largest absolute Gasteiger partial charge is 0.497 e. The molecule has 5 nitrogen and oxygen atoms in total. The molecule has 1 atom stereocenters. The van der Waals surface area contributed by atoms with E-state index in [1.807, 2.05) is 13.1 Å². The maximum absolute atomic E-state index is 5.32. The van der Waals surface area contributed by atoms with Crippen LogP contribution in [0.5, 0.6) is 5.75 Å². The second-order valence-corrected chi connectivity index (χ2v) is 6.04. The van der Waals surface area contributed by atoms with Gasteiger partial charge in [0, 0.05) is 45.0 Å². The third-order valence-electron chi connectivity index (χ3n) is 4.31. The third kappa shape index (κ3) is 6.37. The van der Waals surface area contributed by atoms with E-state index in [-0.39, 0.29) is 24.0 Å². The molecule has 1 saturated heterocycles. The van der Waals surface area contributed by atoms with E-state index in [1.54, 1.807) is 7.11 Å². The van der Waals surface area contributed by atoms with Gasteiger partial charge in [-0.15, -0.1) is 24.0 Å². The van der Waals surface area contributed by atoms with E-state index in [1.165, 1.54) is 24.9 Å². The van der Waals surface area contributed by atoms with Crippen LogP contribution < -0.4 is 20.3 Å². The van der Waals surface area contributed by atoms with Gasteiger partial charge in [-0.25, -0.2) is 0 Å². The van der Waals surface area contributed by atoms with E-state index in [0.717, 1.165) is 37.9 Å². The van der Waals surface area contributed by atoms with Gasteiger partial charge in [-0.2, -0.15) is 0 Å². The molecule has 1 aliphatic heterocycles. The topological polar surface area (TPSA) is 48.9 Å². The summed E-state index contributed by atoms with van der Waals surface area (Å²) in [5, 5.41) is 6.81. The predicted octanol–water partition coefficient (Wildman–Crippen LogP) is 3.10. The molecule has 24 heavy (non-hydrogen) atoms. The standard InChI is InChI=1S/C18H30N4O.HI/c1-4-5-10-20-18(19-2)21-13-15-9-11-22(14-15)16-7-6-8-17(12-16)23-3;/h6-8,12,15H,4-5,9-11,13-14H2,1-3H3,(H2,19,20,21);1H. The van der Waals surface area contributed by atoms with Crippen LogP contribution in [0.15, 0.2) is 29.3 Å². The molecule has 1 fully saturated rings. The molecule has 1 aromatic rings. The summed E-state index contributed by atoms with van der Waals surface area (Å²) in [6.45, 7) is 6.32. The Kier molecular flexibility index (Phi) is 9.90. The number of ether oxygens (including phenoxy) is 1. The minimum atomic E-state index is 0. The van der Waals surface area contributed by atoms with E-state index in [4.69, 9.17) is 4.74 Å². The first-order valence-electron chi connectivity index (χ1n) is 8.60. The van der Waals surface area contributed by atoms with E-state index in [0.29, 0.717) is 5.92 Å². The van der Waals surface area contributed by atoms with Gasteiger partial charge in [-0.3, -0.25) is 4.99 Å². The molecule has 2 N–H and O–H groups in total. The second kappa shape index (κ2) is 11.4. The van der Waals surface area contributed by atoms with E-state index >= 15 is 0 Å². The summed E-state index contributed by atoms with van der Waals surface area (Å²) in [5.74, 6) is 2.48. The number of anilines is 1. The SMILES string of the molecule is CCCCNC(=NC)NCC1CCN(c2cccc(OC)c2)C1.I. The average molecular weight is 446 g/mol. The van der Waals surface area contributed by atoms with Crippen LogP contribution in [0.4, 0.5) is 5.69 Å². The van der Waals surface area contributed by atoms with Crippen molar-refractivity contribution in [2.24, 2.45) is 10.9 Å². The van der Waals surface area contributed by atoms with Crippen LogP contribution in [0.25, 0.3) is 0 Å². The smallest absolute Gasteiger partial charge is 0.190 e. The van der Waals surface area contributed by atoms with Crippen molar-refractivity contribution in [3.63, 3.8) is 0 Å². The summed E-state index contributed by atoms with van der Waals surface area (Å²) >= 11 is 0. The Morgan fingerprint density at radius 1 is 1.38 bits per heavy atom. The zero-order valence-corrected chi connectivity index (χ0v) is 17.4. The highest BCUT2D eigenvalue weighted by Crippen LogP contribution is 2.26. The van der Waals surface area contributed by atoms with Gasteiger partial charge in [-0.1, -0.05) is 19.4 Å². The van der Waals surface area contributed by atoms with Crippen molar-refractivity contribution in [3.05, 3.63) is 24.3 Å². The highest BCUT2D eigenvalue weighted by Gasteiger charge is 2.23. The molecular formula is C18H31IN4O. The van der Waals surface area contributed by atoms with E-state index in [2.05, 4.69) is 45.6 Å². The number of hydrogen-bond acceptors (Lipinski definition) is 3. The lowest BCUT2D eigenvalue weighted by atomic mass is 10.1. The van der Waals surface area contributed by atoms with Crippen molar-refractivity contribution in [1.29, 1.82) is 0 Å². The van der Waals surface area contributed by atoms with Crippen LogP contribution >= 0.6 is 24.0 Å². The minimum Gasteiger partial charge on any atom is -0.497 e.